The molecular formula is C39H39FN10O8S3. The lowest BCUT2D eigenvalue weighted by atomic mass is 9.65. The number of nitrogens with one attached hydrogen (secondary N) is 3. The minimum Gasteiger partial charge on any atom is -0.465 e. The highest BCUT2D eigenvalue weighted by Crippen LogP contribution is 2.44. The van der Waals surface area contributed by atoms with Crippen LogP contribution in [0.15, 0.2) is 109 Å². The van der Waals surface area contributed by atoms with Gasteiger partial charge in [0.15, 0.2) is 0 Å². The van der Waals surface area contributed by atoms with E-state index >= 15 is 0 Å². The van der Waals surface area contributed by atoms with Gasteiger partial charge in [0.2, 0.25) is 0 Å². The predicted octanol–water partition coefficient (Wildman–Crippen LogP) is 5.86. The zero-order valence-corrected chi connectivity index (χ0v) is 34.8. The van der Waals surface area contributed by atoms with E-state index < -0.39 is 37.8 Å². The number of nitriles is 1. The maximum Gasteiger partial charge on any atom is 0.357 e. The molecule has 0 bridgehead atoms. The minimum absolute atomic E-state index is 0.191. The van der Waals surface area contributed by atoms with Crippen LogP contribution in [0, 0.1) is 17.1 Å². The van der Waals surface area contributed by atoms with Crippen molar-refractivity contribution in [3.8, 4) is 6.07 Å². The second-order valence-corrected chi connectivity index (χ2v) is 17.2. The van der Waals surface area contributed by atoms with Crippen LogP contribution in [0.1, 0.15) is 57.4 Å². The normalized spacial score (nSPS) is 13.2. The number of aromatic nitrogens is 6. The molecule has 0 unspecified atom stereocenters. The molecule has 1 fully saturated rings. The van der Waals surface area contributed by atoms with Crippen molar-refractivity contribution >= 4 is 55.4 Å². The van der Waals surface area contributed by atoms with Crippen LogP contribution in [0.25, 0.3) is 0 Å². The molecule has 0 spiro atoms. The van der Waals surface area contributed by atoms with Gasteiger partial charge >= 0.3 is 26.6 Å². The molecular weight excluding hydrogens is 852 g/mol. The number of ether oxygens (including phenoxy) is 1. The number of anilines is 3. The van der Waals surface area contributed by atoms with Crippen LogP contribution in [0.4, 0.5) is 21.5 Å². The van der Waals surface area contributed by atoms with Gasteiger partial charge in [-0.1, -0.05) is 24.3 Å². The maximum absolute atomic E-state index is 14.1. The number of halogens is 1. The van der Waals surface area contributed by atoms with E-state index in [0.717, 1.165) is 52.5 Å². The zero-order chi connectivity index (χ0) is 43.6. The Morgan fingerprint density at radius 1 is 0.836 bits per heavy atom. The molecule has 0 saturated heterocycles. The lowest BCUT2D eigenvalue weighted by Gasteiger charge is -2.36. The number of esters is 1. The van der Waals surface area contributed by atoms with Gasteiger partial charge in [-0.2, -0.15) is 32.3 Å². The van der Waals surface area contributed by atoms with Crippen LogP contribution < -0.4 is 14.8 Å². The summed E-state index contributed by atoms with van der Waals surface area (Å²) >= 11 is 1.61. The molecule has 5 N–H and O–H groups in total. The Bertz CT molecular complexity index is 2730. The van der Waals surface area contributed by atoms with Crippen molar-refractivity contribution in [1.82, 2.24) is 29.5 Å². The summed E-state index contributed by atoms with van der Waals surface area (Å²) in [5, 5.41) is 21.1. The highest BCUT2D eigenvalue weighted by Gasteiger charge is 2.39. The van der Waals surface area contributed by atoms with Gasteiger partial charge in [0.1, 0.15) is 31.1 Å². The van der Waals surface area contributed by atoms with Crippen LogP contribution >= 0.6 is 11.8 Å². The van der Waals surface area contributed by atoms with Gasteiger partial charge in [0.05, 0.1) is 48.6 Å². The van der Waals surface area contributed by atoms with Crippen LogP contribution in [0.5, 0.6) is 0 Å². The van der Waals surface area contributed by atoms with Gasteiger partial charge in [-0.15, -0.1) is 11.8 Å². The van der Waals surface area contributed by atoms with E-state index in [-0.39, 0.29) is 12.2 Å². The Balaban J connectivity index is 0.000000204. The van der Waals surface area contributed by atoms with Gasteiger partial charge in [-0.25, -0.2) is 28.5 Å². The molecule has 1 aliphatic carbocycles. The van der Waals surface area contributed by atoms with E-state index in [1.807, 2.05) is 4.72 Å². The summed E-state index contributed by atoms with van der Waals surface area (Å²) in [6, 6.07) is 24.5. The molecule has 4 aromatic carbocycles. The average molecular weight is 891 g/mol. The lowest BCUT2D eigenvalue weighted by Crippen LogP contribution is -2.32. The molecule has 6 aromatic rings. The Labute approximate surface area is 355 Å². The highest BCUT2D eigenvalue weighted by atomic mass is 32.2. The number of hydrogen-bond donors (Lipinski definition) is 5. The van der Waals surface area contributed by atoms with Crippen LogP contribution in [-0.4, -0.2) is 68.5 Å². The Kier molecular flexibility index (Phi) is 14.0. The van der Waals surface area contributed by atoms with Crippen molar-refractivity contribution < 1.29 is 39.9 Å². The predicted molar refractivity (Wildman–Crippen MR) is 224 cm³/mol. The number of carbonyl (C=O) groups excluding carboxylic acids is 1. The molecule has 61 heavy (non-hydrogen) atoms. The Hall–Kier alpha value is -6.38. The van der Waals surface area contributed by atoms with Gasteiger partial charge in [-0.05, 0) is 102 Å². The van der Waals surface area contributed by atoms with E-state index in [9.17, 15) is 31.3 Å². The van der Waals surface area contributed by atoms with Crippen molar-refractivity contribution in [1.29, 1.82) is 5.26 Å². The fourth-order valence-electron chi connectivity index (χ4n) is 6.36. The fourth-order valence-corrected chi connectivity index (χ4v) is 8.07. The van der Waals surface area contributed by atoms with Crippen molar-refractivity contribution in [3.63, 3.8) is 0 Å². The number of methoxy groups -OCH3 is 1. The van der Waals surface area contributed by atoms with E-state index in [1.165, 1.54) is 31.9 Å². The van der Waals surface area contributed by atoms with Gasteiger partial charge in [0.25, 0.3) is 0 Å². The van der Waals surface area contributed by atoms with Gasteiger partial charge < -0.3 is 10.1 Å². The van der Waals surface area contributed by atoms with Crippen LogP contribution in [0.3, 0.4) is 0 Å². The van der Waals surface area contributed by atoms with E-state index in [2.05, 4.69) is 49.8 Å². The molecule has 0 atom stereocenters. The molecule has 318 valence electrons. The zero-order valence-electron chi connectivity index (χ0n) is 32.3. The lowest BCUT2D eigenvalue weighted by molar-refractivity contribution is 0.0600. The first-order chi connectivity index (χ1) is 29.1. The van der Waals surface area contributed by atoms with Crippen LogP contribution in [-0.2, 0) is 56.1 Å². The third-order valence-electron chi connectivity index (χ3n) is 9.34. The Morgan fingerprint density at radius 3 is 2.02 bits per heavy atom. The van der Waals surface area contributed by atoms with Crippen molar-refractivity contribution in [2.75, 3.05) is 21.9 Å². The number of thioether (sulfide) groups is 1. The standard InChI is InChI=1S/C21H21N5O3S2.C18H18FN5O5S/c22-13-21(6-1-7-21)18-9-16(11-26-15-23-14-24-26)8-17(10-18)12-30-20-4-2-19(3-5-20)25-31(27,28)29;1-29-18(25)14-4-13(9-24-11-20-10-22-24)5-15(7-14)21-8-12-2-3-17(16(19)6-12)23-30(26,27)28/h2-5,8-10,14-15,25H,1,6-7,11-12H2,(H,27,28,29);2-7,10-11,21,23H,8-9H2,1H3,(H,26,27,28). The molecule has 0 aliphatic heterocycles. The van der Waals surface area contributed by atoms with Crippen molar-refractivity contribution in [2.45, 2.75) is 55.0 Å². The monoisotopic (exact) mass is 890 g/mol. The van der Waals surface area contributed by atoms with E-state index in [1.54, 1.807) is 81.0 Å². The molecule has 2 aromatic heterocycles. The smallest absolute Gasteiger partial charge is 0.357 e. The summed E-state index contributed by atoms with van der Waals surface area (Å²) < 4.78 is 87.0. The molecule has 7 rings (SSSR count). The summed E-state index contributed by atoms with van der Waals surface area (Å²) in [5.41, 5.74) is 4.97. The summed E-state index contributed by atoms with van der Waals surface area (Å²) in [5.74, 6) is -0.655. The van der Waals surface area contributed by atoms with E-state index in [4.69, 9.17) is 13.8 Å². The average Bonchev–Trinajstić information content (AvgIpc) is 3.91. The second kappa shape index (κ2) is 19.3. The highest BCUT2D eigenvalue weighted by molar-refractivity contribution is 7.98. The van der Waals surface area contributed by atoms with Crippen LogP contribution in [0.2, 0.25) is 0 Å². The summed E-state index contributed by atoms with van der Waals surface area (Å²) in [7, 11) is -7.57. The topological polar surface area (TPSA) is 256 Å². The number of benzene rings is 4. The fraction of sp³-hybridized carbons (Fsp3) is 0.231. The number of hydrogen-bond acceptors (Lipinski definition) is 13. The molecule has 18 nitrogen and oxygen atoms in total. The van der Waals surface area contributed by atoms with Crippen molar-refractivity contribution in [3.05, 3.63) is 143 Å². The third kappa shape index (κ3) is 12.8. The summed E-state index contributed by atoms with van der Waals surface area (Å²) in [4.78, 5) is 20.8. The summed E-state index contributed by atoms with van der Waals surface area (Å²) in [6.45, 7) is 1.16. The van der Waals surface area contributed by atoms with Gasteiger partial charge in [0, 0.05) is 22.9 Å². The minimum atomic E-state index is -4.57. The number of carbonyl (C=O) groups is 1. The number of nitrogens with zero attached hydrogens (tertiary/aromatic N) is 7. The van der Waals surface area contributed by atoms with E-state index in [0.29, 0.717) is 41.3 Å². The first-order valence-corrected chi connectivity index (χ1v) is 22.1. The first kappa shape index (κ1) is 44.2. The largest absolute Gasteiger partial charge is 0.465 e. The SMILES string of the molecule is COC(=O)c1cc(Cn2cncn2)cc(NCc2ccc(NS(=O)(=O)O)c(F)c2)c1.N#CC1(c2cc(CSc3ccc(NS(=O)(=O)O)cc3)cc(Cn3cncn3)c2)CCC1. The number of rotatable bonds is 16. The second-order valence-electron chi connectivity index (χ2n) is 13.8. The molecule has 2 heterocycles. The quantitative estimate of drug-likeness (QED) is 0.0433. The third-order valence-corrected chi connectivity index (χ3v) is 11.4. The molecule has 1 saturated carbocycles. The molecule has 1 aliphatic rings. The Morgan fingerprint density at radius 2 is 1.48 bits per heavy atom. The molecule has 22 heteroatoms. The molecule has 0 amide bonds. The maximum atomic E-state index is 14.1. The molecule has 0 radical (unpaired) electrons. The first-order valence-electron chi connectivity index (χ1n) is 18.3. The van der Waals surface area contributed by atoms with Crippen molar-refractivity contribution in [2.24, 2.45) is 0 Å². The summed E-state index contributed by atoms with van der Waals surface area (Å²) in [6.07, 6.45) is 8.95. The van der Waals surface area contributed by atoms with Gasteiger partial charge in [-0.3, -0.25) is 18.5 Å².